The first-order valence-electron chi connectivity index (χ1n) is 2.96. The average molecular weight is 207 g/mol. The number of hydrogen-bond acceptors (Lipinski definition) is 5. The van der Waals surface area contributed by atoms with Crippen molar-refractivity contribution in [3.8, 4) is 5.82 Å². The topological polar surface area (TPSA) is 69.4 Å². The van der Waals surface area contributed by atoms with Gasteiger partial charge in [-0.3, -0.25) is 4.57 Å². The zero-order valence-corrected chi connectivity index (χ0v) is 6.87. The van der Waals surface area contributed by atoms with Gasteiger partial charge in [-0.1, -0.05) is 0 Å². The maximum absolute atomic E-state index is 3.85. The van der Waals surface area contributed by atoms with Crippen LogP contribution in [0.5, 0.6) is 0 Å². The summed E-state index contributed by atoms with van der Waals surface area (Å²) in [6.45, 7) is 0. The van der Waals surface area contributed by atoms with E-state index in [9.17, 15) is 0 Å². The molecule has 0 fully saturated rings. The molecule has 2 rings (SSSR count). The van der Waals surface area contributed by atoms with Gasteiger partial charge in [0, 0.05) is 29.2 Å². The number of hydrogen-bond donors (Lipinski definition) is 0. The van der Waals surface area contributed by atoms with Crippen molar-refractivity contribution < 1.29 is 16.8 Å². The minimum absolute atomic E-state index is 0. The molecule has 0 aliphatic carbocycles. The van der Waals surface area contributed by atoms with Crippen LogP contribution >= 0.6 is 0 Å². The predicted octanol–water partition coefficient (Wildman–Crippen LogP) is -0.550. The Morgan fingerprint density at radius 1 is 1.25 bits per heavy atom. The molecule has 63 valence electrons. The van der Waals surface area contributed by atoms with Crippen molar-refractivity contribution in [1.82, 2.24) is 30.2 Å². The first-order valence-corrected chi connectivity index (χ1v) is 2.96. The molecule has 0 aromatic carbocycles. The van der Waals surface area contributed by atoms with E-state index in [1.807, 2.05) is 0 Å². The average Bonchev–Trinajstić information content (AvgIpc) is 2.58. The van der Waals surface area contributed by atoms with Crippen LogP contribution in [0.15, 0.2) is 24.9 Å². The van der Waals surface area contributed by atoms with E-state index in [1.54, 1.807) is 23.3 Å². The Kier molecular flexibility index (Phi) is 2.83. The second kappa shape index (κ2) is 3.88. The van der Waals surface area contributed by atoms with Gasteiger partial charge < -0.3 is 0 Å². The first-order chi connectivity index (χ1) is 5.47. The Morgan fingerprint density at radius 3 is 2.75 bits per heavy atom. The van der Waals surface area contributed by atoms with Gasteiger partial charge in [-0.05, 0) is 10.4 Å². The largest absolute Gasteiger partial charge is 0.288 e. The summed E-state index contributed by atoms with van der Waals surface area (Å²) in [6, 6.07) is 0. The summed E-state index contributed by atoms with van der Waals surface area (Å²) in [5, 5.41) is 14.0. The van der Waals surface area contributed by atoms with Gasteiger partial charge in [0.05, 0.1) is 6.20 Å². The second-order valence-corrected chi connectivity index (χ2v) is 1.85. The molecule has 2 aromatic rings. The fourth-order valence-corrected chi connectivity index (χ4v) is 0.705. The molecule has 0 amide bonds. The van der Waals surface area contributed by atoms with Gasteiger partial charge in [0.1, 0.15) is 6.33 Å². The van der Waals surface area contributed by atoms with Gasteiger partial charge in [-0.15, -0.1) is 10.2 Å². The molecule has 1 radical (unpaired) electrons. The van der Waals surface area contributed by atoms with E-state index in [2.05, 4.69) is 25.6 Å². The van der Waals surface area contributed by atoms with Crippen LogP contribution in [0.2, 0.25) is 0 Å². The SMILES string of the molecule is [Co].c1cn(-c2cnnnn2)cn1. The third-order valence-electron chi connectivity index (χ3n) is 1.18. The fourth-order valence-electron chi connectivity index (χ4n) is 0.705. The fraction of sp³-hybridized carbons (Fsp3) is 0. The zero-order valence-electron chi connectivity index (χ0n) is 5.83. The predicted molar refractivity (Wildman–Crippen MR) is 34.7 cm³/mol. The van der Waals surface area contributed by atoms with Crippen LogP contribution in [0.4, 0.5) is 0 Å². The molecule has 0 spiro atoms. The van der Waals surface area contributed by atoms with Crippen LogP contribution in [0.1, 0.15) is 0 Å². The summed E-state index contributed by atoms with van der Waals surface area (Å²) in [7, 11) is 0. The van der Waals surface area contributed by atoms with Gasteiger partial charge in [-0.2, -0.15) is 0 Å². The Hall–Kier alpha value is -1.34. The molecule has 0 unspecified atom stereocenters. The van der Waals surface area contributed by atoms with E-state index in [0.29, 0.717) is 5.82 Å². The zero-order chi connectivity index (χ0) is 7.52. The maximum atomic E-state index is 3.85. The molecule has 0 N–H and O–H groups in total. The van der Waals surface area contributed by atoms with Crippen molar-refractivity contribution in [3.63, 3.8) is 0 Å². The van der Waals surface area contributed by atoms with Crippen molar-refractivity contribution in [2.45, 2.75) is 0 Å². The number of rotatable bonds is 1. The van der Waals surface area contributed by atoms with Gasteiger partial charge in [0.15, 0.2) is 5.82 Å². The minimum atomic E-state index is 0. The number of imidazole rings is 1. The van der Waals surface area contributed by atoms with Crippen LogP contribution in [-0.2, 0) is 16.8 Å². The molecule has 7 heteroatoms. The van der Waals surface area contributed by atoms with E-state index in [-0.39, 0.29) is 16.8 Å². The minimum Gasteiger partial charge on any atom is -0.288 e. The summed E-state index contributed by atoms with van der Waals surface area (Å²) < 4.78 is 1.70. The quantitative estimate of drug-likeness (QED) is 0.627. The van der Waals surface area contributed by atoms with Gasteiger partial charge in [0.25, 0.3) is 0 Å². The Labute approximate surface area is 78.2 Å². The monoisotopic (exact) mass is 207 g/mol. The van der Waals surface area contributed by atoms with E-state index in [0.717, 1.165) is 0 Å². The van der Waals surface area contributed by atoms with Crippen LogP contribution in [-0.4, -0.2) is 30.2 Å². The molecule has 0 aliphatic heterocycles. The second-order valence-electron chi connectivity index (χ2n) is 1.85. The van der Waals surface area contributed by atoms with Crippen molar-refractivity contribution in [2.75, 3.05) is 0 Å². The maximum Gasteiger partial charge on any atom is 0.182 e. The smallest absolute Gasteiger partial charge is 0.182 e. The summed E-state index contributed by atoms with van der Waals surface area (Å²) >= 11 is 0. The van der Waals surface area contributed by atoms with Gasteiger partial charge in [0.2, 0.25) is 0 Å². The third kappa shape index (κ3) is 1.63. The van der Waals surface area contributed by atoms with Crippen molar-refractivity contribution in [3.05, 3.63) is 24.9 Å². The molecule has 0 aliphatic rings. The van der Waals surface area contributed by atoms with Crippen LogP contribution in [0.3, 0.4) is 0 Å². The number of aromatic nitrogens is 6. The van der Waals surface area contributed by atoms with Crippen molar-refractivity contribution in [2.24, 2.45) is 0 Å². The molecule has 12 heavy (non-hydrogen) atoms. The summed E-state index contributed by atoms with van der Waals surface area (Å²) in [4.78, 5) is 3.85. The normalized spacial score (nSPS) is 9.00. The molecular weight excluding hydrogens is 203 g/mol. The molecule has 6 nitrogen and oxygen atoms in total. The third-order valence-corrected chi connectivity index (χ3v) is 1.18. The molecule has 0 saturated carbocycles. The molecule has 0 bridgehead atoms. The number of nitrogens with zero attached hydrogens (tertiary/aromatic N) is 6. The molecule has 2 heterocycles. The molecular formula is C5H4CoN6. The van der Waals surface area contributed by atoms with Gasteiger partial charge >= 0.3 is 0 Å². The van der Waals surface area contributed by atoms with Gasteiger partial charge in [-0.25, -0.2) is 4.98 Å². The van der Waals surface area contributed by atoms with Crippen molar-refractivity contribution in [1.29, 1.82) is 0 Å². The summed E-state index contributed by atoms with van der Waals surface area (Å²) in [6.07, 6.45) is 6.54. The van der Waals surface area contributed by atoms with Crippen LogP contribution in [0.25, 0.3) is 5.82 Å². The Bertz CT molecular complexity index is 319. The van der Waals surface area contributed by atoms with E-state index >= 15 is 0 Å². The molecule has 2 aromatic heterocycles. The van der Waals surface area contributed by atoms with Crippen LogP contribution in [0, 0.1) is 0 Å². The standard InChI is InChI=1S/C5H4N6.Co/c1-2-11(4-6-1)5-3-7-9-10-8-5;/h1-4H;. The van der Waals surface area contributed by atoms with Crippen LogP contribution < -0.4 is 0 Å². The Morgan fingerprint density at radius 2 is 2.17 bits per heavy atom. The van der Waals surface area contributed by atoms with E-state index in [4.69, 9.17) is 0 Å². The van der Waals surface area contributed by atoms with E-state index < -0.39 is 0 Å². The van der Waals surface area contributed by atoms with E-state index in [1.165, 1.54) is 6.20 Å². The summed E-state index contributed by atoms with van der Waals surface area (Å²) in [5.41, 5.74) is 0. The summed E-state index contributed by atoms with van der Waals surface area (Å²) in [5.74, 6) is 0.609. The first kappa shape index (κ1) is 8.75. The Balaban J connectivity index is 0.000000720. The molecule has 0 saturated heterocycles. The van der Waals surface area contributed by atoms with Crippen molar-refractivity contribution >= 4 is 0 Å². The molecule has 0 atom stereocenters.